The summed E-state index contributed by atoms with van der Waals surface area (Å²) in [7, 11) is 0. The minimum atomic E-state index is 0.740. The molecule has 0 atom stereocenters. The van der Waals surface area contributed by atoms with E-state index in [1.165, 1.54) is 0 Å². The van der Waals surface area contributed by atoms with Crippen LogP contribution in [0.1, 0.15) is 22.8 Å². The molecule has 0 spiro atoms. The van der Waals surface area contributed by atoms with E-state index in [9.17, 15) is 0 Å². The predicted octanol–water partition coefficient (Wildman–Crippen LogP) is 0.855. The average Bonchev–Trinajstić information content (AvgIpc) is 2.72. The second-order valence-electron chi connectivity index (χ2n) is 3.09. The smallest absolute Gasteiger partial charge is 0.108 e. The summed E-state index contributed by atoms with van der Waals surface area (Å²) in [5.41, 5.74) is 3.35. The topological polar surface area (TPSA) is 77.8 Å². The van der Waals surface area contributed by atoms with Crippen molar-refractivity contribution >= 4 is 0 Å². The van der Waals surface area contributed by atoms with Crippen molar-refractivity contribution in [3.05, 3.63) is 22.8 Å². The maximum Gasteiger partial charge on any atom is 0.108 e. The van der Waals surface area contributed by atoms with E-state index in [0.717, 1.165) is 35.6 Å². The van der Waals surface area contributed by atoms with Crippen LogP contribution in [0.3, 0.4) is 0 Å². The molecule has 74 valence electrons. The Morgan fingerprint density at radius 3 is 1.50 bits per heavy atom. The average molecular weight is 194 g/mol. The lowest BCUT2D eigenvalue weighted by atomic mass is 10.1. The van der Waals surface area contributed by atoms with Gasteiger partial charge in [-0.05, 0) is 13.8 Å². The van der Waals surface area contributed by atoms with Crippen molar-refractivity contribution in [1.82, 2.24) is 20.6 Å². The maximum atomic E-state index is 4.59. The number of aryl methyl sites for hydroxylation is 4. The van der Waals surface area contributed by atoms with E-state index in [-0.39, 0.29) is 0 Å². The highest BCUT2D eigenvalue weighted by Gasteiger charge is 2.09. The van der Waals surface area contributed by atoms with E-state index >= 15 is 0 Å². The van der Waals surface area contributed by atoms with Crippen molar-refractivity contribution in [3.8, 4) is 0 Å². The molecule has 6 nitrogen and oxygen atoms in total. The summed E-state index contributed by atoms with van der Waals surface area (Å²) < 4.78 is 9.17. The molecular weight excluding hydrogens is 184 g/mol. The van der Waals surface area contributed by atoms with Gasteiger partial charge in [0, 0.05) is 12.8 Å². The zero-order chi connectivity index (χ0) is 9.97. The van der Waals surface area contributed by atoms with E-state index in [4.69, 9.17) is 0 Å². The van der Waals surface area contributed by atoms with Crippen molar-refractivity contribution < 1.29 is 9.26 Å². The van der Waals surface area contributed by atoms with Crippen LogP contribution in [0, 0.1) is 13.8 Å². The van der Waals surface area contributed by atoms with Crippen molar-refractivity contribution in [2.45, 2.75) is 26.7 Å². The number of rotatable bonds is 3. The molecule has 0 N–H and O–H groups in total. The Hall–Kier alpha value is -1.72. The Morgan fingerprint density at radius 1 is 0.786 bits per heavy atom. The fourth-order valence-electron chi connectivity index (χ4n) is 1.19. The Bertz CT molecular complexity index is 380. The molecule has 2 heterocycles. The lowest BCUT2D eigenvalue weighted by Crippen LogP contribution is -1.95. The molecule has 0 aromatic carbocycles. The van der Waals surface area contributed by atoms with Gasteiger partial charge >= 0.3 is 0 Å². The van der Waals surface area contributed by atoms with Gasteiger partial charge in [-0.3, -0.25) is 0 Å². The molecule has 2 rings (SSSR count). The van der Waals surface area contributed by atoms with Crippen LogP contribution in [0.15, 0.2) is 9.26 Å². The molecular formula is C8H10N4O2. The Balaban J connectivity index is 2.02. The Morgan fingerprint density at radius 2 is 1.21 bits per heavy atom. The molecule has 2 aromatic heterocycles. The summed E-state index contributed by atoms with van der Waals surface area (Å²) in [4.78, 5) is 0. The monoisotopic (exact) mass is 194 g/mol. The maximum absolute atomic E-state index is 4.59. The van der Waals surface area contributed by atoms with Crippen molar-refractivity contribution in [2.75, 3.05) is 0 Å². The van der Waals surface area contributed by atoms with Crippen molar-refractivity contribution in [1.29, 1.82) is 0 Å². The van der Waals surface area contributed by atoms with Gasteiger partial charge in [-0.1, -0.05) is 20.6 Å². The molecule has 0 saturated carbocycles. The van der Waals surface area contributed by atoms with Crippen LogP contribution in [0.5, 0.6) is 0 Å². The molecule has 0 aliphatic carbocycles. The molecule has 0 amide bonds. The van der Waals surface area contributed by atoms with E-state index in [2.05, 4.69) is 29.9 Å². The third-order valence-electron chi connectivity index (χ3n) is 2.09. The molecule has 14 heavy (non-hydrogen) atoms. The van der Waals surface area contributed by atoms with Gasteiger partial charge in [0.25, 0.3) is 0 Å². The molecule has 0 unspecified atom stereocenters. The van der Waals surface area contributed by atoms with Gasteiger partial charge < -0.3 is 0 Å². The van der Waals surface area contributed by atoms with E-state index in [1.54, 1.807) is 0 Å². The Kier molecular flexibility index (Phi) is 2.26. The summed E-state index contributed by atoms with van der Waals surface area (Å²) >= 11 is 0. The molecule has 2 aromatic rings. The highest BCUT2D eigenvalue weighted by atomic mass is 16.6. The fraction of sp³-hybridized carbons (Fsp3) is 0.500. The first kappa shape index (κ1) is 8.86. The molecule has 0 aliphatic heterocycles. The van der Waals surface area contributed by atoms with E-state index in [0.29, 0.717) is 0 Å². The third kappa shape index (κ3) is 1.63. The van der Waals surface area contributed by atoms with E-state index < -0.39 is 0 Å². The van der Waals surface area contributed by atoms with Crippen molar-refractivity contribution in [2.24, 2.45) is 0 Å². The summed E-state index contributed by atoms with van der Waals surface area (Å²) in [6.07, 6.45) is 1.48. The summed E-state index contributed by atoms with van der Waals surface area (Å²) in [6.45, 7) is 3.72. The van der Waals surface area contributed by atoms with Crippen LogP contribution < -0.4 is 0 Å². The molecule has 0 saturated heterocycles. The van der Waals surface area contributed by atoms with Crippen LogP contribution in [0.25, 0.3) is 0 Å². The van der Waals surface area contributed by atoms with Gasteiger partial charge in [-0.2, -0.15) is 0 Å². The zero-order valence-electron chi connectivity index (χ0n) is 8.02. The van der Waals surface area contributed by atoms with Crippen LogP contribution >= 0.6 is 0 Å². The number of aromatic nitrogens is 4. The van der Waals surface area contributed by atoms with Gasteiger partial charge in [-0.25, -0.2) is 9.26 Å². The minimum Gasteiger partial charge on any atom is -0.244 e. The summed E-state index contributed by atoms with van der Waals surface area (Å²) in [6, 6.07) is 0. The lowest BCUT2D eigenvalue weighted by molar-refractivity contribution is 0.298. The predicted molar refractivity (Wildman–Crippen MR) is 45.5 cm³/mol. The van der Waals surface area contributed by atoms with Crippen LogP contribution in [-0.4, -0.2) is 20.6 Å². The second-order valence-corrected chi connectivity index (χ2v) is 3.09. The SMILES string of the molecule is Cc1nonc1CCc1nonc1C. The summed E-state index contributed by atoms with van der Waals surface area (Å²) in [5.74, 6) is 0. The number of nitrogens with zero attached hydrogens (tertiary/aromatic N) is 4. The quantitative estimate of drug-likeness (QED) is 0.720. The molecule has 0 fully saturated rings. The highest BCUT2D eigenvalue weighted by molar-refractivity contribution is 5.10. The minimum absolute atomic E-state index is 0.740. The van der Waals surface area contributed by atoms with Crippen LogP contribution in [0.2, 0.25) is 0 Å². The zero-order valence-corrected chi connectivity index (χ0v) is 8.02. The third-order valence-corrected chi connectivity index (χ3v) is 2.09. The van der Waals surface area contributed by atoms with Gasteiger partial charge in [0.15, 0.2) is 0 Å². The molecule has 0 aliphatic rings. The molecule has 6 heteroatoms. The number of hydrogen-bond donors (Lipinski definition) is 0. The standard InChI is InChI=1S/C8H10N4O2/c1-5-7(11-13-9-5)3-4-8-6(2)10-14-12-8/h3-4H2,1-2H3. The largest absolute Gasteiger partial charge is 0.244 e. The molecule has 0 radical (unpaired) electrons. The normalized spacial score (nSPS) is 10.7. The Labute approximate surface area is 80.2 Å². The first-order valence-corrected chi connectivity index (χ1v) is 4.33. The summed E-state index contributed by atoms with van der Waals surface area (Å²) in [5, 5.41) is 14.9. The number of hydrogen-bond acceptors (Lipinski definition) is 6. The lowest BCUT2D eigenvalue weighted by Gasteiger charge is -1.92. The first-order chi connectivity index (χ1) is 6.77. The molecule has 0 bridgehead atoms. The van der Waals surface area contributed by atoms with Crippen molar-refractivity contribution in [3.63, 3.8) is 0 Å². The van der Waals surface area contributed by atoms with Gasteiger partial charge in [-0.15, -0.1) is 0 Å². The van der Waals surface area contributed by atoms with E-state index in [1.807, 2.05) is 13.8 Å². The van der Waals surface area contributed by atoms with Crippen LogP contribution in [-0.2, 0) is 12.8 Å². The highest BCUT2D eigenvalue weighted by Crippen LogP contribution is 2.08. The van der Waals surface area contributed by atoms with Gasteiger partial charge in [0.1, 0.15) is 22.8 Å². The second kappa shape index (κ2) is 3.57. The first-order valence-electron chi connectivity index (χ1n) is 4.33. The van der Waals surface area contributed by atoms with Gasteiger partial charge in [0.05, 0.1) is 0 Å². The van der Waals surface area contributed by atoms with Crippen LogP contribution in [0.4, 0.5) is 0 Å². The fourth-order valence-corrected chi connectivity index (χ4v) is 1.19. The van der Waals surface area contributed by atoms with Gasteiger partial charge in [0.2, 0.25) is 0 Å².